The Hall–Kier alpha value is -2.29. The first kappa shape index (κ1) is 11.8. The quantitative estimate of drug-likeness (QED) is 0.747. The van der Waals surface area contributed by atoms with E-state index in [1.807, 2.05) is 6.07 Å². The molecule has 0 aliphatic heterocycles. The predicted molar refractivity (Wildman–Crippen MR) is 60.7 cm³/mol. The smallest absolute Gasteiger partial charge is 0.252 e. The van der Waals surface area contributed by atoms with Crippen molar-refractivity contribution in [3.8, 4) is 6.07 Å². The molecule has 0 radical (unpaired) electrons. The number of nitrogens with zero attached hydrogens (tertiary/aromatic N) is 3. The van der Waals surface area contributed by atoms with Gasteiger partial charge in [-0.25, -0.2) is 4.98 Å². The van der Waals surface area contributed by atoms with Crippen LogP contribution in [-0.4, -0.2) is 24.5 Å². The summed E-state index contributed by atoms with van der Waals surface area (Å²) < 4.78 is 0. The summed E-state index contributed by atoms with van der Waals surface area (Å²) in [7, 11) is 1.74. The van der Waals surface area contributed by atoms with Crippen LogP contribution in [0.1, 0.15) is 16.8 Å². The van der Waals surface area contributed by atoms with Crippen LogP contribution < -0.4 is 16.4 Å². The van der Waals surface area contributed by atoms with E-state index in [2.05, 4.69) is 4.98 Å². The number of rotatable bonds is 4. The van der Waals surface area contributed by atoms with Crippen molar-refractivity contribution in [1.82, 2.24) is 4.98 Å². The van der Waals surface area contributed by atoms with E-state index < -0.39 is 5.91 Å². The zero-order chi connectivity index (χ0) is 12.1. The Kier molecular flexibility index (Phi) is 3.67. The molecular formula is C10H13N5O. The fraction of sp³-hybridized carbons (Fsp3) is 0.300. The third-order valence-corrected chi connectivity index (χ3v) is 2.07. The van der Waals surface area contributed by atoms with Crippen LogP contribution in [0.5, 0.6) is 0 Å². The first-order chi connectivity index (χ1) is 7.56. The van der Waals surface area contributed by atoms with Crippen molar-refractivity contribution in [2.75, 3.05) is 24.2 Å². The highest BCUT2D eigenvalue weighted by Gasteiger charge is 2.13. The molecule has 1 amide bonds. The van der Waals surface area contributed by atoms with Gasteiger partial charge in [-0.3, -0.25) is 4.79 Å². The Labute approximate surface area is 93.5 Å². The van der Waals surface area contributed by atoms with Gasteiger partial charge in [0.25, 0.3) is 5.91 Å². The van der Waals surface area contributed by atoms with Crippen LogP contribution >= 0.6 is 0 Å². The normalized spacial score (nSPS) is 9.50. The van der Waals surface area contributed by atoms with Crippen molar-refractivity contribution in [3.05, 3.63) is 17.8 Å². The van der Waals surface area contributed by atoms with Gasteiger partial charge in [0.15, 0.2) is 0 Å². The average molecular weight is 219 g/mol. The lowest BCUT2D eigenvalue weighted by molar-refractivity contribution is 0.100. The second-order valence-corrected chi connectivity index (χ2v) is 3.33. The summed E-state index contributed by atoms with van der Waals surface area (Å²) in [5, 5.41) is 8.48. The molecule has 0 fully saturated rings. The van der Waals surface area contributed by atoms with Crippen LogP contribution in [0.15, 0.2) is 12.3 Å². The monoisotopic (exact) mass is 219 g/mol. The van der Waals surface area contributed by atoms with Gasteiger partial charge >= 0.3 is 0 Å². The van der Waals surface area contributed by atoms with E-state index in [1.165, 1.54) is 12.3 Å². The first-order valence-corrected chi connectivity index (χ1v) is 4.69. The van der Waals surface area contributed by atoms with Crippen LogP contribution in [-0.2, 0) is 0 Å². The van der Waals surface area contributed by atoms with Gasteiger partial charge in [-0.2, -0.15) is 5.26 Å². The zero-order valence-corrected chi connectivity index (χ0v) is 8.97. The third-order valence-electron chi connectivity index (χ3n) is 2.07. The molecule has 16 heavy (non-hydrogen) atoms. The highest BCUT2D eigenvalue weighted by atomic mass is 16.1. The molecular weight excluding hydrogens is 206 g/mol. The Morgan fingerprint density at radius 1 is 1.69 bits per heavy atom. The Balaban J connectivity index is 3.03. The molecule has 6 nitrogen and oxygen atoms in total. The van der Waals surface area contributed by atoms with Crippen LogP contribution in [0.4, 0.5) is 11.5 Å². The molecule has 0 atom stereocenters. The van der Waals surface area contributed by atoms with Crippen molar-refractivity contribution in [2.24, 2.45) is 5.73 Å². The van der Waals surface area contributed by atoms with Crippen LogP contribution in [0.25, 0.3) is 0 Å². The number of hydrogen-bond acceptors (Lipinski definition) is 5. The molecule has 0 spiro atoms. The fourth-order valence-electron chi connectivity index (χ4n) is 1.28. The number of amides is 1. The number of nitriles is 1. The highest BCUT2D eigenvalue weighted by Crippen LogP contribution is 2.18. The maximum Gasteiger partial charge on any atom is 0.252 e. The molecule has 1 aromatic heterocycles. The number of nitrogen functional groups attached to an aromatic ring is 1. The van der Waals surface area contributed by atoms with Crippen molar-refractivity contribution in [2.45, 2.75) is 6.42 Å². The van der Waals surface area contributed by atoms with Crippen molar-refractivity contribution < 1.29 is 4.79 Å². The summed E-state index contributed by atoms with van der Waals surface area (Å²) >= 11 is 0. The summed E-state index contributed by atoms with van der Waals surface area (Å²) in [6, 6.07) is 3.50. The summed E-state index contributed by atoms with van der Waals surface area (Å²) in [5.41, 5.74) is 11.4. The molecule has 0 aromatic carbocycles. The van der Waals surface area contributed by atoms with Gasteiger partial charge in [0.05, 0.1) is 29.9 Å². The van der Waals surface area contributed by atoms with Gasteiger partial charge in [-0.1, -0.05) is 0 Å². The first-order valence-electron chi connectivity index (χ1n) is 4.69. The molecule has 0 saturated heterocycles. The fourth-order valence-corrected chi connectivity index (χ4v) is 1.28. The van der Waals surface area contributed by atoms with Gasteiger partial charge in [0.1, 0.15) is 5.82 Å². The number of carbonyl (C=O) groups excluding carboxylic acids is 1. The Morgan fingerprint density at radius 2 is 2.38 bits per heavy atom. The van der Waals surface area contributed by atoms with Gasteiger partial charge in [0.2, 0.25) is 0 Å². The van der Waals surface area contributed by atoms with Crippen molar-refractivity contribution in [1.29, 1.82) is 5.26 Å². The topological polar surface area (TPSA) is 109 Å². The molecule has 1 heterocycles. The number of aromatic nitrogens is 1. The number of nitrogens with two attached hydrogens (primary N) is 2. The van der Waals surface area contributed by atoms with Crippen LogP contribution in [0.3, 0.4) is 0 Å². The zero-order valence-electron chi connectivity index (χ0n) is 8.97. The number of primary amides is 1. The van der Waals surface area contributed by atoms with E-state index in [0.29, 0.717) is 24.5 Å². The molecule has 1 rings (SSSR count). The molecule has 84 valence electrons. The van der Waals surface area contributed by atoms with Crippen molar-refractivity contribution in [3.63, 3.8) is 0 Å². The van der Waals surface area contributed by atoms with Gasteiger partial charge in [-0.15, -0.1) is 0 Å². The minimum Gasteiger partial charge on any atom is -0.397 e. The summed E-state index contributed by atoms with van der Waals surface area (Å²) in [6.45, 7) is 0.480. The van der Waals surface area contributed by atoms with Gasteiger partial charge < -0.3 is 16.4 Å². The van der Waals surface area contributed by atoms with Gasteiger partial charge in [-0.05, 0) is 6.07 Å². The van der Waals surface area contributed by atoms with Gasteiger partial charge in [0, 0.05) is 13.6 Å². The van der Waals surface area contributed by atoms with E-state index in [4.69, 9.17) is 16.7 Å². The lowest BCUT2D eigenvalue weighted by atomic mass is 10.2. The van der Waals surface area contributed by atoms with Crippen LogP contribution in [0, 0.1) is 11.3 Å². The minimum absolute atomic E-state index is 0.264. The molecule has 4 N–H and O–H groups in total. The largest absolute Gasteiger partial charge is 0.397 e. The second-order valence-electron chi connectivity index (χ2n) is 3.33. The standard InChI is InChI=1S/C10H13N5O/c1-15(4-2-3-11)10-8(9(13)16)5-7(12)6-14-10/h5-6H,2,4,12H2,1H3,(H2,13,16). The van der Waals surface area contributed by atoms with E-state index in [-0.39, 0.29) is 5.56 Å². The van der Waals surface area contributed by atoms with Crippen molar-refractivity contribution >= 4 is 17.4 Å². The van der Waals surface area contributed by atoms with E-state index >= 15 is 0 Å². The summed E-state index contributed by atoms with van der Waals surface area (Å²) in [4.78, 5) is 16.9. The lowest BCUT2D eigenvalue weighted by Crippen LogP contribution is -2.24. The van der Waals surface area contributed by atoms with E-state index in [1.54, 1.807) is 11.9 Å². The maximum atomic E-state index is 11.2. The number of hydrogen-bond donors (Lipinski definition) is 2. The minimum atomic E-state index is -0.585. The molecule has 0 aliphatic carbocycles. The predicted octanol–water partition coefficient (Wildman–Crippen LogP) is 0.113. The SMILES string of the molecule is CN(CCC#N)c1ncc(N)cc1C(N)=O. The molecule has 0 bridgehead atoms. The molecule has 0 saturated carbocycles. The van der Waals surface area contributed by atoms with E-state index in [9.17, 15) is 4.79 Å². The number of carbonyl (C=O) groups is 1. The third kappa shape index (κ3) is 2.60. The summed E-state index contributed by atoms with van der Waals surface area (Å²) in [5.74, 6) is -0.143. The summed E-state index contributed by atoms with van der Waals surface area (Å²) in [6.07, 6.45) is 1.80. The Morgan fingerprint density at radius 3 is 2.94 bits per heavy atom. The second kappa shape index (κ2) is 4.98. The number of pyridine rings is 1. The van der Waals surface area contributed by atoms with E-state index in [0.717, 1.165) is 0 Å². The number of anilines is 2. The molecule has 6 heteroatoms. The maximum absolute atomic E-state index is 11.2. The van der Waals surface area contributed by atoms with Crippen LogP contribution in [0.2, 0.25) is 0 Å². The molecule has 0 unspecified atom stereocenters. The average Bonchev–Trinajstić information content (AvgIpc) is 2.25. The molecule has 1 aromatic rings. The lowest BCUT2D eigenvalue weighted by Gasteiger charge is -2.18. The molecule has 0 aliphatic rings. The Bertz CT molecular complexity index is 437. The highest BCUT2D eigenvalue weighted by molar-refractivity contribution is 5.98.